The minimum atomic E-state index is 0.00401. The third-order valence-corrected chi connectivity index (χ3v) is 5.27. The largest absolute Gasteiger partial charge is 0.466 e. The maximum atomic E-state index is 12.5. The molecule has 3 aliphatic rings. The first-order valence-corrected chi connectivity index (χ1v) is 8.12. The molecule has 1 fully saturated rings. The van der Waals surface area contributed by atoms with Crippen LogP contribution in [0.15, 0.2) is 42.5 Å². The summed E-state index contributed by atoms with van der Waals surface area (Å²) < 4.78 is 5.38. The van der Waals surface area contributed by atoms with Crippen molar-refractivity contribution in [2.24, 2.45) is 23.7 Å². The molecule has 112 valence electrons. The zero-order valence-electron chi connectivity index (χ0n) is 12.9. The summed E-state index contributed by atoms with van der Waals surface area (Å²) in [5.41, 5.74) is 1.33. The number of benzene rings is 1. The highest BCUT2D eigenvalue weighted by molar-refractivity contribution is 5.74. The van der Waals surface area contributed by atoms with Crippen molar-refractivity contribution in [3.8, 4) is 0 Å². The van der Waals surface area contributed by atoms with Gasteiger partial charge in [-0.3, -0.25) is 4.79 Å². The van der Waals surface area contributed by atoms with Crippen LogP contribution in [0.2, 0.25) is 0 Å². The third-order valence-electron chi connectivity index (χ3n) is 5.27. The second-order valence-corrected chi connectivity index (χ2v) is 6.34. The maximum absolute atomic E-state index is 12.5. The second-order valence-electron chi connectivity index (χ2n) is 6.34. The molecule has 0 N–H and O–H groups in total. The molecule has 0 amide bonds. The number of fused-ring (bicyclic) bond motifs is 2. The molecular weight excluding hydrogens is 260 g/mol. The molecule has 0 heterocycles. The zero-order valence-corrected chi connectivity index (χ0v) is 12.9. The van der Waals surface area contributed by atoms with Gasteiger partial charge in [-0.1, -0.05) is 49.4 Å². The van der Waals surface area contributed by atoms with Gasteiger partial charge in [-0.2, -0.15) is 0 Å². The number of ether oxygens (including phenoxy) is 1. The van der Waals surface area contributed by atoms with Crippen molar-refractivity contribution >= 4 is 5.97 Å². The Balaban J connectivity index is 1.90. The van der Waals surface area contributed by atoms with E-state index in [1.54, 1.807) is 0 Å². The minimum absolute atomic E-state index is 0.00401. The Kier molecular flexibility index (Phi) is 4.14. The van der Waals surface area contributed by atoms with E-state index in [9.17, 15) is 4.79 Å². The molecule has 0 aromatic heterocycles. The lowest BCUT2D eigenvalue weighted by Gasteiger charge is -2.46. The van der Waals surface area contributed by atoms with Gasteiger partial charge in [0.05, 0.1) is 12.5 Å². The van der Waals surface area contributed by atoms with Crippen LogP contribution in [0.1, 0.15) is 38.2 Å². The molecule has 5 atom stereocenters. The van der Waals surface area contributed by atoms with E-state index in [0.29, 0.717) is 30.3 Å². The van der Waals surface area contributed by atoms with Crippen molar-refractivity contribution in [2.75, 3.05) is 6.61 Å². The van der Waals surface area contributed by atoms with Crippen LogP contribution in [0.4, 0.5) is 0 Å². The zero-order chi connectivity index (χ0) is 14.8. The smallest absolute Gasteiger partial charge is 0.309 e. The number of carbonyl (C=O) groups is 1. The molecule has 0 spiro atoms. The molecule has 1 saturated carbocycles. The molecular formula is C19H24O2. The van der Waals surface area contributed by atoms with E-state index in [0.717, 1.165) is 6.42 Å². The summed E-state index contributed by atoms with van der Waals surface area (Å²) >= 11 is 0. The topological polar surface area (TPSA) is 26.3 Å². The lowest BCUT2D eigenvalue weighted by Crippen LogP contribution is -2.44. The molecule has 1 aromatic rings. The van der Waals surface area contributed by atoms with Gasteiger partial charge in [-0.05, 0) is 49.0 Å². The van der Waals surface area contributed by atoms with Crippen LogP contribution in [-0.2, 0) is 9.53 Å². The van der Waals surface area contributed by atoms with Crippen LogP contribution in [0, 0.1) is 23.7 Å². The monoisotopic (exact) mass is 284 g/mol. The van der Waals surface area contributed by atoms with Gasteiger partial charge in [0.2, 0.25) is 0 Å². The Morgan fingerprint density at radius 3 is 2.48 bits per heavy atom. The van der Waals surface area contributed by atoms with Crippen LogP contribution >= 0.6 is 0 Å². The predicted octanol–water partition coefficient (Wildman–Crippen LogP) is 4.18. The van der Waals surface area contributed by atoms with Gasteiger partial charge in [0.1, 0.15) is 0 Å². The molecule has 1 aromatic carbocycles. The number of hydrogen-bond acceptors (Lipinski definition) is 2. The van der Waals surface area contributed by atoms with E-state index >= 15 is 0 Å². The van der Waals surface area contributed by atoms with Crippen LogP contribution in [0.25, 0.3) is 0 Å². The highest BCUT2D eigenvalue weighted by atomic mass is 16.5. The van der Waals surface area contributed by atoms with Gasteiger partial charge in [0, 0.05) is 0 Å². The van der Waals surface area contributed by atoms with Crippen molar-refractivity contribution in [3.05, 3.63) is 48.0 Å². The maximum Gasteiger partial charge on any atom is 0.309 e. The second kappa shape index (κ2) is 6.05. The van der Waals surface area contributed by atoms with Crippen LogP contribution in [0.3, 0.4) is 0 Å². The normalized spacial score (nSPS) is 31.9. The lowest BCUT2D eigenvalue weighted by molar-refractivity contribution is -0.155. The first kappa shape index (κ1) is 14.4. The Hall–Kier alpha value is -1.57. The van der Waals surface area contributed by atoms with E-state index in [-0.39, 0.29) is 11.9 Å². The van der Waals surface area contributed by atoms with E-state index in [1.165, 1.54) is 12.0 Å². The average molecular weight is 284 g/mol. The molecule has 4 rings (SSSR count). The van der Waals surface area contributed by atoms with E-state index in [4.69, 9.17) is 4.74 Å². The minimum Gasteiger partial charge on any atom is -0.466 e. The molecule has 0 aliphatic heterocycles. The molecule has 0 saturated heterocycles. The van der Waals surface area contributed by atoms with Crippen LogP contribution < -0.4 is 0 Å². The number of esters is 1. The molecule has 2 nitrogen and oxygen atoms in total. The third kappa shape index (κ3) is 2.64. The van der Waals surface area contributed by atoms with Crippen molar-refractivity contribution in [1.29, 1.82) is 0 Å². The lowest BCUT2D eigenvalue weighted by atomic mass is 9.58. The summed E-state index contributed by atoms with van der Waals surface area (Å²) in [6, 6.07) is 10.6. The van der Waals surface area contributed by atoms with Gasteiger partial charge < -0.3 is 4.74 Å². The molecule has 3 aliphatic carbocycles. The molecule has 3 unspecified atom stereocenters. The van der Waals surface area contributed by atoms with Crippen molar-refractivity contribution in [3.63, 3.8) is 0 Å². The van der Waals surface area contributed by atoms with Gasteiger partial charge >= 0.3 is 5.97 Å². The van der Waals surface area contributed by atoms with E-state index in [1.807, 2.05) is 13.0 Å². The molecule has 2 heteroatoms. The quantitative estimate of drug-likeness (QED) is 0.612. The number of rotatable bonds is 4. The van der Waals surface area contributed by atoms with Gasteiger partial charge in [0.15, 0.2) is 0 Å². The summed E-state index contributed by atoms with van der Waals surface area (Å²) in [6.45, 7) is 4.63. The number of hydrogen-bond donors (Lipinski definition) is 0. The van der Waals surface area contributed by atoms with Gasteiger partial charge in [-0.15, -0.1) is 0 Å². The first-order valence-electron chi connectivity index (χ1n) is 8.12. The summed E-state index contributed by atoms with van der Waals surface area (Å²) in [7, 11) is 0. The van der Waals surface area contributed by atoms with Gasteiger partial charge in [-0.25, -0.2) is 0 Å². The first-order chi connectivity index (χ1) is 10.2. The number of carbonyl (C=O) groups excluding carboxylic acids is 1. The molecule has 0 radical (unpaired) electrons. The Bertz CT molecular complexity index is 520. The standard InChI is InChI=1S/C19H24O2/c1-3-21-19(20)18-16-11-9-15(10-12-16)17(18)13(2)14-7-5-4-6-8-14/h4-9,11,13,15-18H,3,10,12H2,1-2H3/t13-,15?,16?,17?,18-/m1/s1. The van der Waals surface area contributed by atoms with Crippen LogP contribution in [-0.4, -0.2) is 12.6 Å². The fourth-order valence-electron chi connectivity index (χ4n) is 4.27. The SMILES string of the molecule is CCOC(=O)[C@@H]1C2C=CC(CC2)C1[C@H](C)c1ccccc1. The predicted molar refractivity (Wildman–Crippen MR) is 83.8 cm³/mol. The summed E-state index contributed by atoms with van der Waals surface area (Å²) in [5, 5.41) is 0. The molecule has 2 bridgehead atoms. The van der Waals surface area contributed by atoms with Crippen molar-refractivity contribution in [1.82, 2.24) is 0 Å². The average Bonchev–Trinajstić information content (AvgIpc) is 2.55. The highest BCUT2D eigenvalue weighted by Gasteiger charge is 2.47. The van der Waals surface area contributed by atoms with Gasteiger partial charge in [0.25, 0.3) is 0 Å². The van der Waals surface area contributed by atoms with Crippen LogP contribution in [0.5, 0.6) is 0 Å². The Morgan fingerprint density at radius 2 is 1.86 bits per heavy atom. The Labute approximate surface area is 127 Å². The molecule has 21 heavy (non-hydrogen) atoms. The van der Waals surface area contributed by atoms with Crippen molar-refractivity contribution in [2.45, 2.75) is 32.6 Å². The summed E-state index contributed by atoms with van der Waals surface area (Å²) in [6.07, 6.45) is 6.93. The van der Waals surface area contributed by atoms with Crippen molar-refractivity contribution < 1.29 is 9.53 Å². The fraction of sp³-hybridized carbons (Fsp3) is 0.526. The van der Waals surface area contributed by atoms with E-state index in [2.05, 4.69) is 43.3 Å². The van der Waals surface area contributed by atoms with E-state index < -0.39 is 0 Å². The highest BCUT2D eigenvalue weighted by Crippen LogP contribution is 2.50. The summed E-state index contributed by atoms with van der Waals surface area (Å²) in [5.74, 6) is 1.67. The Morgan fingerprint density at radius 1 is 1.19 bits per heavy atom. The summed E-state index contributed by atoms with van der Waals surface area (Å²) in [4.78, 5) is 12.5. The number of allylic oxidation sites excluding steroid dienone is 2. The fourth-order valence-corrected chi connectivity index (χ4v) is 4.27.